The van der Waals surface area contributed by atoms with Crippen LogP contribution in [0.2, 0.25) is 0 Å². The van der Waals surface area contributed by atoms with E-state index in [2.05, 4.69) is 0 Å². The molecule has 0 bridgehead atoms. The lowest BCUT2D eigenvalue weighted by Crippen LogP contribution is -2.29. The van der Waals surface area contributed by atoms with Crippen LogP contribution in [0.5, 0.6) is 0 Å². The number of ketones is 1. The van der Waals surface area contributed by atoms with Gasteiger partial charge in [-0.3, -0.25) is 4.79 Å². The predicted molar refractivity (Wildman–Crippen MR) is 173 cm³/mol. The number of hydrogen-bond donors (Lipinski definition) is 0. The summed E-state index contributed by atoms with van der Waals surface area (Å²) in [4.78, 5) is 40.9. The van der Waals surface area contributed by atoms with Crippen molar-refractivity contribution in [2.24, 2.45) is 0 Å². The maximum atomic E-state index is 14.0. The minimum absolute atomic E-state index is 0.316. The van der Waals surface area contributed by atoms with Gasteiger partial charge in [0.1, 0.15) is 0 Å². The molecule has 0 amide bonds. The highest BCUT2D eigenvalue weighted by molar-refractivity contribution is 6.12. The smallest absolute Gasteiger partial charge is 0.340 e. The number of fused-ring (bicyclic) bond motifs is 2. The van der Waals surface area contributed by atoms with E-state index < -0.39 is 23.1 Å². The molecule has 0 spiro atoms. The Morgan fingerprint density at radius 3 is 1.02 bits per heavy atom. The zero-order chi connectivity index (χ0) is 31.3. The summed E-state index contributed by atoms with van der Waals surface area (Å²) in [6.45, 7) is 0. The molecule has 0 aromatic heterocycles. The molecule has 0 N–H and O–H groups in total. The van der Waals surface area contributed by atoms with Crippen molar-refractivity contribution < 1.29 is 23.9 Å². The van der Waals surface area contributed by atoms with Gasteiger partial charge in [-0.25, -0.2) is 9.59 Å². The minimum Gasteiger partial charge on any atom is -0.441 e. The van der Waals surface area contributed by atoms with Gasteiger partial charge in [-0.15, -0.1) is 0 Å². The molecule has 6 aromatic rings. The van der Waals surface area contributed by atoms with Crippen molar-refractivity contribution in [2.75, 3.05) is 0 Å². The predicted octanol–water partition coefficient (Wildman–Crippen LogP) is 7.84. The van der Waals surface area contributed by atoms with Gasteiger partial charge in [0, 0.05) is 44.5 Å². The number of carbonyl (C=O) groups excluding carboxylic acids is 3. The summed E-state index contributed by atoms with van der Waals surface area (Å²) in [6, 6.07) is 48.6. The van der Waals surface area contributed by atoms with E-state index in [1.54, 1.807) is 36.4 Å². The molecule has 0 saturated heterocycles. The lowest BCUT2D eigenvalue weighted by Gasteiger charge is -2.30. The fraction of sp³-hybridized carbons (Fsp3) is 0.0488. The molecule has 220 valence electrons. The topological polar surface area (TPSA) is 69.7 Å². The highest BCUT2D eigenvalue weighted by atomic mass is 16.6. The molecule has 0 unspecified atom stereocenters. The molecular formula is C41H26O5. The number of carbonyl (C=O) groups is 3. The summed E-state index contributed by atoms with van der Waals surface area (Å²) in [5, 5.41) is 0. The van der Waals surface area contributed by atoms with Crippen molar-refractivity contribution >= 4 is 17.7 Å². The lowest BCUT2D eigenvalue weighted by molar-refractivity contribution is 0.0242. The van der Waals surface area contributed by atoms with E-state index >= 15 is 0 Å². The first-order chi connectivity index (χ1) is 22.5. The second-order valence-corrected chi connectivity index (χ2v) is 11.5. The van der Waals surface area contributed by atoms with Crippen LogP contribution in [0.15, 0.2) is 158 Å². The Kier molecular flexibility index (Phi) is 6.29. The summed E-state index contributed by atoms with van der Waals surface area (Å²) in [6.07, 6.45) is 0. The first-order valence-corrected chi connectivity index (χ1v) is 15.0. The summed E-state index contributed by atoms with van der Waals surface area (Å²) < 4.78 is 12.4. The Balaban J connectivity index is 1.21. The average Bonchev–Trinajstić information content (AvgIpc) is 3.60. The van der Waals surface area contributed by atoms with Gasteiger partial charge >= 0.3 is 11.9 Å². The van der Waals surface area contributed by atoms with Crippen molar-refractivity contribution in [1.82, 2.24) is 0 Å². The van der Waals surface area contributed by atoms with E-state index in [-0.39, 0.29) is 5.78 Å². The van der Waals surface area contributed by atoms with E-state index in [9.17, 15) is 14.4 Å². The third kappa shape index (κ3) is 3.99. The van der Waals surface area contributed by atoms with E-state index in [1.165, 1.54) is 0 Å². The summed E-state index contributed by atoms with van der Waals surface area (Å²) in [5.41, 5.74) is 3.56. The Hall–Kier alpha value is -6.07. The molecule has 2 aliphatic rings. The van der Waals surface area contributed by atoms with Gasteiger partial charge < -0.3 is 9.47 Å². The van der Waals surface area contributed by atoms with Crippen molar-refractivity contribution in [2.45, 2.75) is 11.2 Å². The molecule has 8 rings (SSSR count). The van der Waals surface area contributed by atoms with Gasteiger partial charge in [0.2, 0.25) is 0 Å². The Labute approximate surface area is 265 Å². The largest absolute Gasteiger partial charge is 0.441 e. The normalized spacial score (nSPS) is 15.4. The quantitative estimate of drug-likeness (QED) is 0.144. The van der Waals surface area contributed by atoms with Crippen LogP contribution in [-0.2, 0) is 20.7 Å². The number of hydrogen-bond acceptors (Lipinski definition) is 5. The van der Waals surface area contributed by atoms with Crippen LogP contribution < -0.4 is 0 Å². The van der Waals surface area contributed by atoms with Crippen molar-refractivity contribution in [3.63, 3.8) is 0 Å². The second-order valence-electron chi connectivity index (χ2n) is 11.5. The standard InChI is InChI=1S/C41H26O5/c42-37(27-21-23-35-33(25-27)38(43)45-40(35,29-13-5-1-6-14-29)30-15-7-2-8-16-30)28-22-24-36-34(26-28)39(44)46-41(36,31-17-9-3-10-18-31)32-19-11-4-12-20-32/h1-26H. The molecule has 0 atom stereocenters. The van der Waals surface area contributed by atoms with Gasteiger partial charge in [0.05, 0.1) is 11.1 Å². The van der Waals surface area contributed by atoms with Gasteiger partial charge in [0.25, 0.3) is 0 Å². The highest BCUT2D eigenvalue weighted by Crippen LogP contribution is 2.49. The molecular weight excluding hydrogens is 572 g/mol. The van der Waals surface area contributed by atoms with E-state index in [0.717, 1.165) is 22.3 Å². The molecule has 0 fully saturated rings. The van der Waals surface area contributed by atoms with Crippen LogP contribution in [0.4, 0.5) is 0 Å². The SMILES string of the molecule is O=C(c1ccc2c(c1)C(=O)OC2(c1ccccc1)c1ccccc1)c1ccc2c(c1)C(=O)OC2(c1ccccc1)c1ccccc1. The Morgan fingerprint density at radius 2 is 0.717 bits per heavy atom. The van der Waals surface area contributed by atoms with E-state index in [0.29, 0.717) is 33.4 Å². The Morgan fingerprint density at radius 1 is 0.413 bits per heavy atom. The van der Waals surface area contributed by atoms with Crippen molar-refractivity contribution in [3.8, 4) is 0 Å². The summed E-state index contributed by atoms with van der Waals surface area (Å²) in [5.74, 6) is -1.34. The van der Waals surface area contributed by atoms with Crippen LogP contribution in [-0.4, -0.2) is 17.7 Å². The first-order valence-electron chi connectivity index (χ1n) is 15.0. The molecule has 0 radical (unpaired) electrons. The van der Waals surface area contributed by atoms with Gasteiger partial charge in [-0.05, 0) is 12.1 Å². The molecule has 46 heavy (non-hydrogen) atoms. The fourth-order valence-corrected chi connectivity index (χ4v) is 6.87. The van der Waals surface area contributed by atoms with Crippen molar-refractivity contribution in [1.29, 1.82) is 0 Å². The molecule has 2 heterocycles. The van der Waals surface area contributed by atoms with Crippen LogP contribution in [0.1, 0.15) is 70.0 Å². The number of benzene rings is 6. The zero-order valence-electron chi connectivity index (χ0n) is 24.6. The second kappa shape index (κ2) is 10.5. The maximum Gasteiger partial charge on any atom is 0.340 e. The van der Waals surface area contributed by atoms with Gasteiger partial charge in [-0.2, -0.15) is 0 Å². The maximum absolute atomic E-state index is 14.0. The molecule has 5 nitrogen and oxygen atoms in total. The fourth-order valence-electron chi connectivity index (χ4n) is 6.87. The van der Waals surface area contributed by atoms with Crippen LogP contribution >= 0.6 is 0 Å². The van der Waals surface area contributed by atoms with E-state index in [1.807, 2.05) is 121 Å². The van der Waals surface area contributed by atoms with Crippen LogP contribution in [0, 0.1) is 0 Å². The average molecular weight is 599 g/mol. The highest BCUT2D eigenvalue weighted by Gasteiger charge is 2.50. The number of ether oxygens (including phenoxy) is 2. The number of rotatable bonds is 6. The van der Waals surface area contributed by atoms with Crippen LogP contribution in [0.3, 0.4) is 0 Å². The Bertz CT molecular complexity index is 1900. The number of esters is 2. The van der Waals surface area contributed by atoms with Crippen LogP contribution in [0.25, 0.3) is 0 Å². The molecule has 5 heteroatoms. The third-order valence-corrected chi connectivity index (χ3v) is 8.97. The zero-order valence-corrected chi connectivity index (χ0v) is 24.6. The number of cyclic esters (lactones) is 2. The molecule has 0 saturated carbocycles. The monoisotopic (exact) mass is 598 g/mol. The summed E-state index contributed by atoms with van der Waals surface area (Å²) >= 11 is 0. The van der Waals surface area contributed by atoms with Gasteiger partial charge in [-0.1, -0.05) is 146 Å². The molecule has 2 aliphatic heterocycles. The van der Waals surface area contributed by atoms with E-state index in [4.69, 9.17) is 9.47 Å². The first kappa shape index (κ1) is 27.5. The molecule has 0 aliphatic carbocycles. The minimum atomic E-state index is -1.15. The molecule has 6 aromatic carbocycles. The summed E-state index contributed by atoms with van der Waals surface area (Å²) in [7, 11) is 0. The lowest BCUT2D eigenvalue weighted by atomic mass is 9.79. The van der Waals surface area contributed by atoms with Crippen molar-refractivity contribution in [3.05, 3.63) is 213 Å². The van der Waals surface area contributed by atoms with Gasteiger partial charge in [0.15, 0.2) is 17.0 Å². The third-order valence-electron chi connectivity index (χ3n) is 8.97.